The zero-order valence-corrected chi connectivity index (χ0v) is 31.6. The number of nitrogens with zero attached hydrogens (tertiary/aromatic N) is 4. The van der Waals surface area contributed by atoms with E-state index in [0.717, 1.165) is 94.9 Å². The summed E-state index contributed by atoms with van der Waals surface area (Å²) in [6.07, 6.45) is 10.1. The molecule has 0 fully saturated rings. The fraction of sp³-hybridized carbons (Fsp3) is 0. The molecule has 5 heterocycles. The number of H-pyrrole nitrogens is 2. The van der Waals surface area contributed by atoms with Crippen LogP contribution in [0.2, 0.25) is 0 Å². The van der Waals surface area contributed by atoms with Crippen LogP contribution in [-0.4, -0.2) is 31.1 Å². The summed E-state index contributed by atoms with van der Waals surface area (Å²) in [5.41, 5.74) is 15.8. The number of aromatic nitrogens is 4. The molecule has 0 amide bonds. The Kier molecular flexibility index (Phi) is 8.96. The van der Waals surface area contributed by atoms with E-state index >= 15 is 0 Å². The van der Waals surface area contributed by atoms with Gasteiger partial charge in [-0.15, -0.1) is 0 Å². The van der Waals surface area contributed by atoms with Crippen LogP contribution in [-0.2, 0) is 0 Å². The number of fused-ring (bicyclic) bond motifs is 8. The second-order valence-corrected chi connectivity index (χ2v) is 14.2. The van der Waals surface area contributed by atoms with Gasteiger partial charge in [-0.05, 0) is 82.5 Å². The standard InChI is InChI=1S/C51H34N6O2/c58-57(59)38-23-21-33(22-24-38)32-52-46-31-45-49(36-17-9-3-10-18-36)43-28-27-41(54-43)47(34-13-5-1-6-14-34)39-25-26-40(53-39)48(35-15-7-2-8-16-35)42-29-30-44(55-42)50(51(46)56-45)37-19-11-4-12-20-37/h1-32,53,56H. The van der Waals surface area contributed by atoms with Crippen molar-refractivity contribution in [3.05, 3.63) is 202 Å². The molecular weight excluding hydrogens is 729 g/mol. The second kappa shape index (κ2) is 15.0. The summed E-state index contributed by atoms with van der Waals surface area (Å²) < 4.78 is 0. The molecule has 8 aromatic rings. The fourth-order valence-corrected chi connectivity index (χ4v) is 7.83. The number of non-ortho nitro benzene ring substituents is 1. The van der Waals surface area contributed by atoms with Crippen LogP contribution in [0.15, 0.2) is 169 Å². The molecule has 0 aliphatic carbocycles. The van der Waals surface area contributed by atoms with Crippen LogP contribution < -0.4 is 0 Å². The molecule has 2 N–H and O–H groups in total. The third-order valence-electron chi connectivity index (χ3n) is 10.6. The van der Waals surface area contributed by atoms with E-state index in [1.807, 2.05) is 72.8 Å². The summed E-state index contributed by atoms with van der Waals surface area (Å²) in [6.45, 7) is 0. The Bertz CT molecular complexity index is 3150. The molecule has 0 unspecified atom stereocenters. The van der Waals surface area contributed by atoms with E-state index in [-0.39, 0.29) is 5.69 Å². The van der Waals surface area contributed by atoms with E-state index in [0.29, 0.717) is 5.69 Å². The van der Waals surface area contributed by atoms with E-state index < -0.39 is 4.92 Å². The van der Waals surface area contributed by atoms with Gasteiger partial charge in [-0.1, -0.05) is 121 Å². The van der Waals surface area contributed by atoms with Crippen LogP contribution in [0.25, 0.3) is 90.9 Å². The molecule has 3 aromatic heterocycles. The molecule has 0 atom stereocenters. The fourth-order valence-electron chi connectivity index (χ4n) is 7.83. The first-order valence-electron chi connectivity index (χ1n) is 19.3. The molecule has 8 heteroatoms. The van der Waals surface area contributed by atoms with Gasteiger partial charge in [-0.2, -0.15) is 0 Å². The van der Waals surface area contributed by atoms with E-state index in [9.17, 15) is 10.1 Å². The van der Waals surface area contributed by atoms with Crippen molar-refractivity contribution in [3.8, 4) is 44.5 Å². The lowest BCUT2D eigenvalue weighted by Crippen LogP contribution is -1.89. The van der Waals surface area contributed by atoms with Crippen LogP contribution in [0.4, 0.5) is 11.4 Å². The monoisotopic (exact) mass is 762 g/mol. The molecule has 10 rings (SSSR count). The minimum Gasteiger partial charge on any atom is -0.354 e. The quantitative estimate of drug-likeness (QED) is 0.0956. The lowest BCUT2D eigenvalue weighted by molar-refractivity contribution is -0.384. The van der Waals surface area contributed by atoms with Crippen molar-refractivity contribution >= 4 is 64.0 Å². The van der Waals surface area contributed by atoms with Crippen molar-refractivity contribution in [2.75, 3.05) is 0 Å². The number of aromatic amines is 2. The van der Waals surface area contributed by atoms with E-state index in [1.165, 1.54) is 12.1 Å². The van der Waals surface area contributed by atoms with Crippen LogP contribution in [0, 0.1) is 10.1 Å². The zero-order valence-electron chi connectivity index (χ0n) is 31.6. The van der Waals surface area contributed by atoms with Gasteiger partial charge in [-0.25, -0.2) is 9.97 Å². The second-order valence-electron chi connectivity index (χ2n) is 14.2. The number of hydrogen-bond donors (Lipinski definition) is 2. The normalized spacial score (nSPS) is 12.0. The van der Waals surface area contributed by atoms with Crippen molar-refractivity contribution in [1.82, 2.24) is 19.9 Å². The maximum atomic E-state index is 11.4. The van der Waals surface area contributed by atoms with Crippen LogP contribution in [0.5, 0.6) is 0 Å². The van der Waals surface area contributed by atoms with Gasteiger partial charge in [0.2, 0.25) is 0 Å². The van der Waals surface area contributed by atoms with Crippen LogP contribution >= 0.6 is 0 Å². The summed E-state index contributed by atoms with van der Waals surface area (Å²) in [7, 11) is 0. The van der Waals surface area contributed by atoms with Crippen molar-refractivity contribution < 1.29 is 4.92 Å². The van der Waals surface area contributed by atoms with Gasteiger partial charge in [0.05, 0.1) is 44.4 Å². The van der Waals surface area contributed by atoms with Crippen LogP contribution in [0.1, 0.15) is 28.3 Å². The molecule has 0 saturated heterocycles. The molecule has 8 nitrogen and oxygen atoms in total. The van der Waals surface area contributed by atoms with E-state index in [2.05, 4.69) is 101 Å². The van der Waals surface area contributed by atoms with Gasteiger partial charge < -0.3 is 9.97 Å². The summed E-state index contributed by atoms with van der Waals surface area (Å²) >= 11 is 0. The summed E-state index contributed by atoms with van der Waals surface area (Å²) in [6, 6.07) is 53.8. The molecule has 0 spiro atoms. The number of hydrogen-bond acceptors (Lipinski definition) is 5. The number of benzene rings is 5. The lowest BCUT2D eigenvalue weighted by atomic mass is 10.0. The Morgan fingerprint density at radius 2 is 0.881 bits per heavy atom. The van der Waals surface area contributed by atoms with Crippen molar-refractivity contribution in [2.45, 2.75) is 0 Å². The SMILES string of the molecule is O=[N+]([O-])c1ccc(C=Nc2cc3[nH]c2c(-c2ccccc2)c2nc(c(-c4ccccc4)c4ccc([nH]4)c(-c4ccccc4)c4nc(c3-c3ccccc3)C=C4)C=C2)cc1. The minimum absolute atomic E-state index is 0.0204. The first-order valence-corrected chi connectivity index (χ1v) is 19.3. The Morgan fingerprint density at radius 1 is 0.475 bits per heavy atom. The molecule has 0 radical (unpaired) electrons. The first-order chi connectivity index (χ1) is 29.1. The Labute approximate surface area is 339 Å². The summed E-state index contributed by atoms with van der Waals surface area (Å²) in [5, 5.41) is 11.4. The molecule has 8 bridgehead atoms. The topological polar surface area (TPSA) is 113 Å². The van der Waals surface area contributed by atoms with E-state index in [1.54, 1.807) is 18.3 Å². The molecule has 0 saturated carbocycles. The largest absolute Gasteiger partial charge is 0.354 e. The number of nitro groups is 1. The third kappa shape index (κ3) is 6.74. The van der Waals surface area contributed by atoms with Crippen molar-refractivity contribution in [2.24, 2.45) is 4.99 Å². The Hall–Kier alpha value is -8.23. The Morgan fingerprint density at radius 3 is 1.32 bits per heavy atom. The Balaban J connectivity index is 1.38. The van der Waals surface area contributed by atoms with Gasteiger partial charge in [0.1, 0.15) is 0 Å². The van der Waals surface area contributed by atoms with Gasteiger partial charge >= 0.3 is 0 Å². The highest BCUT2D eigenvalue weighted by molar-refractivity contribution is 6.03. The van der Waals surface area contributed by atoms with Gasteiger partial charge in [0, 0.05) is 51.6 Å². The number of aliphatic imine (C=N–C) groups is 1. The van der Waals surface area contributed by atoms with Gasteiger partial charge in [-0.3, -0.25) is 15.1 Å². The molecule has 2 aliphatic rings. The maximum Gasteiger partial charge on any atom is 0.269 e. The summed E-state index contributed by atoms with van der Waals surface area (Å²) in [5.74, 6) is 0. The molecular formula is C51H34N6O2. The molecule has 5 aromatic carbocycles. The third-order valence-corrected chi connectivity index (χ3v) is 10.6. The van der Waals surface area contributed by atoms with Gasteiger partial charge in [0.15, 0.2) is 0 Å². The van der Waals surface area contributed by atoms with Crippen LogP contribution in [0.3, 0.4) is 0 Å². The predicted molar refractivity (Wildman–Crippen MR) is 241 cm³/mol. The smallest absolute Gasteiger partial charge is 0.269 e. The lowest BCUT2D eigenvalue weighted by Gasteiger charge is -2.07. The number of rotatable bonds is 7. The highest BCUT2D eigenvalue weighted by Gasteiger charge is 2.20. The highest BCUT2D eigenvalue weighted by Crippen LogP contribution is 2.41. The molecule has 280 valence electrons. The van der Waals surface area contributed by atoms with Crippen molar-refractivity contribution in [1.29, 1.82) is 0 Å². The maximum absolute atomic E-state index is 11.4. The van der Waals surface area contributed by atoms with E-state index in [4.69, 9.17) is 15.0 Å². The molecule has 59 heavy (non-hydrogen) atoms. The van der Waals surface area contributed by atoms with Gasteiger partial charge in [0.25, 0.3) is 5.69 Å². The molecule has 2 aliphatic heterocycles. The highest BCUT2D eigenvalue weighted by atomic mass is 16.6. The zero-order chi connectivity index (χ0) is 39.7. The summed E-state index contributed by atoms with van der Waals surface area (Å²) in [4.78, 5) is 34.5. The number of nitro benzene ring substituents is 1. The first kappa shape index (κ1) is 35.2. The average Bonchev–Trinajstić information content (AvgIpc) is 4.12. The minimum atomic E-state index is -0.402. The average molecular weight is 763 g/mol. The number of nitrogens with one attached hydrogen (secondary N) is 2. The van der Waals surface area contributed by atoms with Crippen molar-refractivity contribution in [3.63, 3.8) is 0 Å². The predicted octanol–water partition coefficient (Wildman–Crippen LogP) is 13.0.